The van der Waals surface area contributed by atoms with Gasteiger partial charge in [0, 0.05) is 36.1 Å². The molecule has 107 valence electrons. The second kappa shape index (κ2) is 5.00. The van der Waals surface area contributed by atoms with Crippen LogP contribution in [0.15, 0.2) is 36.0 Å². The Balaban J connectivity index is 2.09. The lowest BCUT2D eigenvalue weighted by Crippen LogP contribution is -2.11. The monoisotopic (exact) mass is 308 g/mol. The third kappa shape index (κ3) is 2.56. The molecule has 1 radical (unpaired) electrons. The zero-order valence-corrected chi connectivity index (χ0v) is 11.7. The number of nitrogens with zero attached hydrogens (tertiary/aromatic N) is 3. The number of hydrogen-bond acceptors (Lipinski definition) is 3. The van der Waals surface area contributed by atoms with Gasteiger partial charge in [0.1, 0.15) is 5.69 Å². The molecule has 0 saturated carbocycles. The molecule has 3 aromatic rings. The Morgan fingerprint density at radius 1 is 1.33 bits per heavy atom. The lowest BCUT2D eigenvalue weighted by Gasteiger charge is -2.04. The van der Waals surface area contributed by atoms with Crippen LogP contribution in [0.5, 0.6) is 0 Å². The van der Waals surface area contributed by atoms with Crippen LogP contribution in [0.4, 0.5) is 13.2 Å². The highest BCUT2D eigenvalue weighted by Gasteiger charge is 2.35. The second-order valence-corrected chi connectivity index (χ2v) is 5.08. The topological polar surface area (TPSA) is 30.7 Å². The van der Waals surface area contributed by atoms with E-state index in [-0.39, 0.29) is 5.69 Å². The zero-order valence-electron chi connectivity index (χ0n) is 10.8. The van der Waals surface area contributed by atoms with Crippen molar-refractivity contribution in [2.45, 2.75) is 6.18 Å². The molecule has 7 heteroatoms. The number of halogens is 3. The number of aromatic nitrogens is 3. The van der Waals surface area contributed by atoms with Crippen LogP contribution in [0.1, 0.15) is 5.69 Å². The number of thiophene rings is 1. The predicted molar refractivity (Wildman–Crippen MR) is 73.6 cm³/mol. The van der Waals surface area contributed by atoms with Gasteiger partial charge in [-0.2, -0.15) is 18.3 Å². The van der Waals surface area contributed by atoms with Crippen LogP contribution in [0.3, 0.4) is 0 Å². The quantitative estimate of drug-likeness (QED) is 0.715. The van der Waals surface area contributed by atoms with Gasteiger partial charge in [0.05, 0.1) is 11.1 Å². The van der Waals surface area contributed by atoms with Crippen molar-refractivity contribution in [3.05, 3.63) is 47.0 Å². The summed E-state index contributed by atoms with van der Waals surface area (Å²) < 4.78 is 39.4. The van der Waals surface area contributed by atoms with E-state index in [1.807, 2.05) is 11.4 Å². The molecule has 21 heavy (non-hydrogen) atoms. The van der Waals surface area contributed by atoms with Crippen molar-refractivity contribution in [1.82, 2.24) is 14.8 Å². The van der Waals surface area contributed by atoms with Gasteiger partial charge in [-0.15, -0.1) is 11.3 Å². The molecule has 3 heterocycles. The second-order valence-electron chi connectivity index (χ2n) is 4.40. The molecule has 3 rings (SSSR count). The Kier molecular flexibility index (Phi) is 3.29. The highest BCUT2D eigenvalue weighted by Crippen LogP contribution is 2.37. The van der Waals surface area contributed by atoms with Gasteiger partial charge in [-0.3, -0.25) is 9.67 Å². The fourth-order valence-electron chi connectivity index (χ4n) is 2.04. The van der Waals surface area contributed by atoms with E-state index in [0.29, 0.717) is 5.56 Å². The minimum atomic E-state index is -4.43. The van der Waals surface area contributed by atoms with Crippen LogP contribution in [-0.4, -0.2) is 14.8 Å². The average molecular weight is 308 g/mol. The van der Waals surface area contributed by atoms with Gasteiger partial charge in [0.15, 0.2) is 0 Å². The Hall–Kier alpha value is -2.15. The summed E-state index contributed by atoms with van der Waals surface area (Å²) in [6.45, 7) is 0. The van der Waals surface area contributed by atoms with E-state index in [4.69, 9.17) is 0 Å². The summed E-state index contributed by atoms with van der Waals surface area (Å²) in [5, 5.41) is 8.77. The molecule has 0 unspecified atom stereocenters. The van der Waals surface area contributed by atoms with Crippen molar-refractivity contribution in [3.63, 3.8) is 0 Å². The van der Waals surface area contributed by atoms with E-state index in [0.717, 1.165) is 21.9 Å². The number of rotatable bonds is 2. The third-order valence-corrected chi connectivity index (χ3v) is 3.68. The molecule has 3 nitrogen and oxygen atoms in total. The van der Waals surface area contributed by atoms with Crippen LogP contribution in [-0.2, 0) is 13.2 Å². The van der Waals surface area contributed by atoms with Gasteiger partial charge in [-0.05, 0) is 17.5 Å². The van der Waals surface area contributed by atoms with Gasteiger partial charge in [0.2, 0.25) is 0 Å². The lowest BCUT2D eigenvalue weighted by atomic mass is 10.0. The fourth-order valence-corrected chi connectivity index (χ4v) is 2.80. The van der Waals surface area contributed by atoms with Gasteiger partial charge in [-0.1, -0.05) is 6.07 Å². The minimum Gasteiger partial charge on any atom is -0.264 e. The third-order valence-electron chi connectivity index (χ3n) is 3.01. The first-order chi connectivity index (χ1) is 9.97. The molecule has 0 spiro atoms. The normalized spacial score (nSPS) is 11.8. The van der Waals surface area contributed by atoms with Crippen molar-refractivity contribution in [1.29, 1.82) is 0 Å². The summed E-state index contributed by atoms with van der Waals surface area (Å²) in [5.74, 6) is 0. The first-order valence-electron chi connectivity index (χ1n) is 5.98. The number of alkyl halides is 3. The molecule has 0 amide bonds. The average Bonchev–Trinajstić information content (AvgIpc) is 3.05. The molecular weight excluding hydrogens is 299 g/mol. The molecule has 0 aliphatic rings. The van der Waals surface area contributed by atoms with Gasteiger partial charge in [0.25, 0.3) is 0 Å². The summed E-state index contributed by atoms with van der Waals surface area (Å²) >= 11 is 1.30. The highest BCUT2D eigenvalue weighted by atomic mass is 32.1. The molecule has 0 N–H and O–H groups in total. The lowest BCUT2D eigenvalue weighted by molar-refractivity contribution is -0.143. The van der Waals surface area contributed by atoms with E-state index < -0.39 is 11.9 Å². The van der Waals surface area contributed by atoms with Crippen LogP contribution in [0.25, 0.3) is 22.4 Å². The summed E-state index contributed by atoms with van der Waals surface area (Å²) in [6.07, 6.45) is -1.13. The maximum absolute atomic E-state index is 12.8. The molecular formula is C14H9F3N3S. The molecule has 0 bridgehead atoms. The van der Waals surface area contributed by atoms with E-state index in [1.54, 1.807) is 18.5 Å². The Bertz CT molecular complexity index is 759. The first-order valence-corrected chi connectivity index (χ1v) is 6.86. The molecule has 0 aromatic carbocycles. The molecule has 0 aliphatic carbocycles. The molecule has 0 saturated heterocycles. The fraction of sp³-hybridized carbons (Fsp3) is 0.143. The predicted octanol–water partition coefficient (Wildman–Crippen LogP) is 4.03. The van der Waals surface area contributed by atoms with E-state index >= 15 is 0 Å². The number of pyridine rings is 1. The Labute approximate surface area is 122 Å². The zero-order chi connectivity index (χ0) is 15.0. The SMILES string of the molecule is Cn1nc(-c2[c]scc2-c2cccnc2)cc1C(F)(F)F. The molecule has 0 fully saturated rings. The number of hydrogen-bond donors (Lipinski definition) is 0. The van der Waals surface area contributed by atoms with Gasteiger partial charge in [-0.25, -0.2) is 0 Å². The molecule has 3 aromatic heterocycles. The van der Waals surface area contributed by atoms with E-state index in [9.17, 15) is 13.2 Å². The summed E-state index contributed by atoms with van der Waals surface area (Å²) in [5.41, 5.74) is 1.63. The van der Waals surface area contributed by atoms with Crippen molar-refractivity contribution >= 4 is 11.3 Å². The summed E-state index contributed by atoms with van der Waals surface area (Å²) in [6, 6.07) is 4.66. The Morgan fingerprint density at radius 3 is 2.76 bits per heavy atom. The van der Waals surface area contributed by atoms with E-state index in [2.05, 4.69) is 15.5 Å². The molecule has 0 aliphatic heterocycles. The maximum Gasteiger partial charge on any atom is 0.433 e. The van der Waals surface area contributed by atoms with E-state index in [1.165, 1.54) is 18.4 Å². The molecule has 0 atom stereocenters. The van der Waals surface area contributed by atoms with Gasteiger partial charge < -0.3 is 0 Å². The highest BCUT2D eigenvalue weighted by molar-refractivity contribution is 7.08. The van der Waals surface area contributed by atoms with Crippen LogP contribution in [0.2, 0.25) is 0 Å². The van der Waals surface area contributed by atoms with Crippen LogP contribution in [0, 0.1) is 5.38 Å². The first kappa shape index (κ1) is 13.8. The van der Waals surface area contributed by atoms with Crippen molar-refractivity contribution in [2.75, 3.05) is 0 Å². The van der Waals surface area contributed by atoms with Crippen LogP contribution >= 0.6 is 11.3 Å². The standard InChI is InChI=1S/C14H9F3N3S/c1-20-13(14(15,16)17)5-12(19-20)11-8-21-7-10(11)9-3-2-4-18-6-9/h2-7H,1H3. The van der Waals surface area contributed by atoms with Crippen molar-refractivity contribution < 1.29 is 13.2 Å². The Morgan fingerprint density at radius 2 is 2.14 bits per heavy atom. The van der Waals surface area contributed by atoms with Crippen molar-refractivity contribution in [2.24, 2.45) is 7.05 Å². The maximum atomic E-state index is 12.8. The van der Waals surface area contributed by atoms with Crippen LogP contribution < -0.4 is 0 Å². The number of aryl methyl sites for hydroxylation is 1. The van der Waals surface area contributed by atoms with Gasteiger partial charge >= 0.3 is 6.18 Å². The van der Waals surface area contributed by atoms with Crippen molar-refractivity contribution in [3.8, 4) is 22.4 Å². The summed E-state index contributed by atoms with van der Waals surface area (Å²) in [7, 11) is 1.28. The smallest absolute Gasteiger partial charge is 0.264 e. The largest absolute Gasteiger partial charge is 0.433 e. The minimum absolute atomic E-state index is 0.255. The summed E-state index contributed by atoms with van der Waals surface area (Å²) in [4.78, 5) is 4.02.